The Bertz CT molecular complexity index is 1260. The van der Waals surface area contributed by atoms with Crippen LogP contribution in [0.1, 0.15) is 0 Å². The summed E-state index contributed by atoms with van der Waals surface area (Å²) in [5.41, 5.74) is -2.64. The second-order valence-corrected chi connectivity index (χ2v) is 6.08. The van der Waals surface area contributed by atoms with Crippen LogP contribution in [0.5, 0.6) is 0 Å². The lowest BCUT2D eigenvalue weighted by Crippen LogP contribution is -2.00. The third-order valence-electron chi connectivity index (χ3n) is 4.21. The van der Waals surface area contributed by atoms with Crippen molar-refractivity contribution in [3.8, 4) is 33.6 Å². The first-order valence-corrected chi connectivity index (χ1v) is 8.28. The Balaban J connectivity index is 1.89. The topological polar surface area (TPSA) is 51.6 Å². The highest BCUT2D eigenvalue weighted by molar-refractivity contribution is 5.75. The van der Waals surface area contributed by atoms with Gasteiger partial charge in [-0.25, -0.2) is 31.3 Å². The fraction of sp³-hybridized carbons (Fsp3) is 0. The fourth-order valence-electron chi connectivity index (χ4n) is 2.88. The predicted octanol–water partition coefficient (Wildman–Crippen LogP) is 5.10. The zero-order valence-corrected chi connectivity index (χ0v) is 14.7. The molecule has 0 aliphatic rings. The molecule has 0 fully saturated rings. The molecule has 0 saturated carbocycles. The van der Waals surface area contributed by atoms with Gasteiger partial charge in [0.2, 0.25) is 0 Å². The predicted molar refractivity (Wildman–Crippen MR) is 93.7 cm³/mol. The monoisotopic (exact) mass is 418 g/mol. The Labute approximate surface area is 164 Å². The van der Waals surface area contributed by atoms with Crippen molar-refractivity contribution in [3.63, 3.8) is 0 Å². The molecule has 4 aromatic rings. The number of nitrogens with zero attached hydrogens (tertiary/aromatic N) is 4. The summed E-state index contributed by atoms with van der Waals surface area (Å²) in [6.07, 6.45) is 3.23. The smallest absolute Gasteiger partial charge is 0.153 e. The van der Waals surface area contributed by atoms with Gasteiger partial charge in [0.1, 0.15) is 23.1 Å². The summed E-state index contributed by atoms with van der Waals surface area (Å²) in [5, 5.41) is 7.25. The number of hydrogen-bond acceptors (Lipinski definition) is 4. The van der Waals surface area contributed by atoms with Gasteiger partial charge in [-0.15, -0.1) is 0 Å². The van der Waals surface area contributed by atoms with E-state index in [2.05, 4.69) is 20.2 Å². The zero-order valence-electron chi connectivity index (χ0n) is 14.7. The molecule has 0 atom stereocenters. The Morgan fingerprint density at radius 1 is 0.667 bits per heavy atom. The first-order valence-electron chi connectivity index (χ1n) is 8.28. The van der Waals surface area contributed by atoms with Gasteiger partial charge in [-0.3, -0.25) is 4.98 Å². The van der Waals surface area contributed by atoms with Crippen molar-refractivity contribution < 1.29 is 26.3 Å². The van der Waals surface area contributed by atoms with Crippen molar-refractivity contribution in [1.82, 2.24) is 20.2 Å². The minimum absolute atomic E-state index is 0.0168. The molecule has 0 radical (unpaired) electrons. The molecule has 4 rings (SSSR count). The van der Waals surface area contributed by atoms with Crippen LogP contribution in [0, 0.1) is 34.9 Å². The van der Waals surface area contributed by atoms with Gasteiger partial charge in [-0.1, -0.05) is 0 Å². The summed E-state index contributed by atoms with van der Waals surface area (Å²) < 4.78 is 84.6. The lowest BCUT2D eigenvalue weighted by atomic mass is 9.99. The second-order valence-electron chi connectivity index (χ2n) is 6.08. The van der Waals surface area contributed by atoms with Gasteiger partial charge in [-0.05, 0) is 18.2 Å². The molecule has 0 bridgehead atoms. The summed E-state index contributed by atoms with van der Waals surface area (Å²) in [5.74, 6) is -6.67. The van der Waals surface area contributed by atoms with Crippen molar-refractivity contribution in [3.05, 3.63) is 84.0 Å². The van der Waals surface area contributed by atoms with E-state index in [4.69, 9.17) is 0 Å². The first-order chi connectivity index (χ1) is 14.4. The molecule has 0 unspecified atom stereocenters. The summed E-state index contributed by atoms with van der Waals surface area (Å²) >= 11 is 0. The van der Waals surface area contributed by atoms with E-state index in [1.807, 2.05) is 0 Å². The molecule has 4 nitrogen and oxygen atoms in total. The van der Waals surface area contributed by atoms with Crippen LogP contribution in [-0.2, 0) is 0 Å². The Hall–Kier alpha value is -3.82. The van der Waals surface area contributed by atoms with Gasteiger partial charge in [0.05, 0.1) is 41.6 Å². The molecule has 0 saturated heterocycles. The molecule has 3 aromatic heterocycles. The summed E-state index contributed by atoms with van der Waals surface area (Å²) in [7, 11) is 0. The molecular formula is C20H8F6N4. The van der Waals surface area contributed by atoms with E-state index in [1.54, 1.807) is 0 Å². The number of hydrogen-bond donors (Lipinski definition) is 0. The molecular weight excluding hydrogens is 410 g/mol. The molecule has 0 spiro atoms. The third kappa shape index (κ3) is 3.36. The van der Waals surface area contributed by atoms with Crippen LogP contribution in [0.15, 0.2) is 49.1 Å². The van der Waals surface area contributed by atoms with Crippen molar-refractivity contribution in [2.75, 3.05) is 0 Å². The van der Waals surface area contributed by atoms with Crippen molar-refractivity contribution in [1.29, 1.82) is 0 Å². The maximum absolute atomic E-state index is 15.1. The van der Waals surface area contributed by atoms with Crippen LogP contribution in [0.3, 0.4) is 0 Å². The van der Waals surface area contributed by atoms with E-state index < -0.39 is 51.7 Å². The normalized spacial score (nSPS) is 11.0. The van der Waals surface area contributed by atoms with E-state index in [0.717, 1.165) is 36.8 Å². The molecule has 0 N–H and O–H groups in total. The number of rotatable bonds is 3. The number of aromatic nitrogens is 4. The maximum atomic E-state index is 15.1. The van der Waals surface area contributed by atoms with Gasteiger partial charge in [-0.2, -0.15) is 10.2 Å². The quantitative estimate of drug-likeness (QED) is 0.435. The Kier molecular flexibility index (Phi) is 4.90. The first kappa shape index (κ1) is 19.5. The van der Waals surface area contributed by atoms with Crippen LogP contribution in [0.2, 0.25) is 0 Å². The van der Waals surface area contributed by atoms with Crippen molar-refractivity contribution >= 4 is 0 Å². The molecule has 150 valence electrons. The average Bonchev–Trinajstić information content (AvgIpc) is 2.70. The Morgan fingerprint density at radius 2 is 1.40 bits per heavy atom. The van der Waals surface area contributed by atoms with Crippen LogP contribution >= 0.6 is 0 Å². The zero-order chi connectivity index (χ0) is 21.4. The van der Waals surface area contributed by atoms with E-state index in [-0.39, 0.29) is 16.8 Å². The van der Waals surface area contributed by atoms with Crippen LogP contribution < -0.4 is 0 Å². The van der Waals surface area contributed by atoms with Gasteiger partial charge in [0.25, 0.3) is 0 Å². The number of halogens is 6. The van der Waals surface area contributed by atoms with Crippen molar-refractivity contribution in [2.45, 2.75) is 0 Å². The SMILES string of the molecule is Fc1cnc(-c2c(F)ccc(-c3cnnc(-c4c(F)cncc4F)c3)c2F)c(F)c1. The summed E-state index contributed by atoms with van der Waals surface area (Å²) in [4.78, 5) is 6.79. The lowest BCUT2D eigenvalue weighted by molar-refractivity contribution is 0.563. The molecule has 10 heteroatoms. The summed E-state index contributed by atoms with van der Waals surface area (Å²) in [6, 6.07) is 3.46. The van der Waals surface area contributed by atoms with E-state index in [0.29, 0.717) is 12.3 Å². The minimum Gasteiger partial charge on any atom is -0.259 e. The van der Waals surface area contributed by atoms with Gasteiger partial charge >= 0.3 is 0 Å². The maximum Gasteiger partial charge on any atom is 0.153 e. The molecule has 1 aromatic carbocycles. The summed E-state index contributed by atoms with van der Waals surface area (Å²) in [6.45, 7) is 0. The number of benzene rings is 1. The second kappa shape index (κ2) is 7.54. The molecule has 0 aliphatic heterocycles. The minimum atomic E-state index is -1.26. The van der Waals surface area contributed by atoms with E-state index in [9.17, 15) is 22.0 Å². The highest BCUT2D eigenvalue weighted by Gasteiger charge is 2.22. The standard InChI is InChI=1S/C20H8F6N4/c21-10-4-13(23)20(28-6-10)18-12(22)2-1-11(19(18)26)9-3-16(30-29-5-9)17-14(24)7-27-8-15(17)25/h1-8H. The Morgan fingerprint density at radius 3 is 2.10 bits per heavy atom. The lowest BCUT2D eigenvalue weighted by Gasteiger charge is -2.11. The molecule has 3 heterocycles. The molecule has 0 amide bonds. The highest BCUT2D eigenvalue weighted by Crippen LogP contribution is 2.34. The van der Waals surface area contributed by atoms with E-state index in [1.165, 1.54) is 0 Å². The molecule has 0 aliphatic carbocycles. The fourth-order valence-corrected chi connectivity index (χ4v) is 2.88. The van der Waals surface area contributed by atoms with Gasteiger partial charge in [0.15, 0.2) is 17.5 Å². The van der Waals surface area contributed by atoms with E-state index >= 15 is 4.39 Å². The van der Waals surface area contributed by atoms with Crippen molar-refractivity contribution in [2.24, 2.45) is 0 Å². The van der Waals surface area contributed by atoms with Crippen LogP contribution in [-0.4, -0.2) is 20.2 Å². The third-order valence-corrected chi connectivity index (χ3v) is 4.21. The van der Waals surface area contributed by atoms with Crippen LogP contribution in [0.4, 0.5) is 26.3 Å². The van der Waals surface area contributed by atoms with Gasteiger partial charge < -0.3 is 0 Å². The number of pyridine rings is 2. The van der Waals surface area contributed by atoms with Crippen LogP contribution in [0.25, 0.3) is 33.6 Å². The molecule has 30 heavy (non-hydrogen) atoms. The largest absolute Gasteiger partial charge is 0.259 e. The highest BCUT2D eigenvalue weighted by atomic mass is 19.2. The average molecular weight is 418 g/mol. The van der Waals surface area contributed by atoms with Gasteiger partial charge in [0, 0.05) is 17.2 Å².